The summed E-state index contributed by atoms with van der Waals surface area (Å²) in [6, 6.07) is 8.41. The number of benzene rings is 2. The molecule has 2 aromatic rings. The summed E-state index contributed by atoms with van der Waals surface area (Å²) in [6.45, 7) is 13.4. The highest BCUT2D eigenvalue weighted by atomic mass is 19.1. The van der Waals surface area contributed by atoms with Crippen molar-refractivity contribution in [2.45, 2.75) is 111 Å². The highest BCUT2D eigenvalue weighted by molar-refractivity contribution is 5.52. The summed E-state index contributed by atoms with van der Waals surface area (Å²) >= 11 is 0. The van der Waals surface area contributed by atoms with Gasteiger partial charge in [0.15, 0.2) is 0 Å². The van der Waals surface area contributed by atoms with Gasteiger partial charge in [0.05, 0.1) is 6.04 Å². The number of hydrogen-bond donors (Lipinski definition) is 0. The van der Waals surface area contributed by atoms with Crippen LogP contribution in [0.4, 0.5) is 18.9 Å². The van der Waals surface area contributed by atoms with E-state index in [0.29, 0.717) is 11.1 Å². The fraction of sp³-hybridized carbons (Fsp3) is 0.636. The molecule has 0 spiro atoms. The molecule has 2 aliphatic rings. The van der Waals surface area contributed by atoms with E-state index in [9.17, 15) is 4.39 Å². The number of alkyl halides is 1. The SMILES string of the molecule is CCCC1(CCC)CCCN(c2cc(F)c(C3c4ccc(C)cc4C[C@@H](C)N3CC(C)(C)F)c(F)c2)CC1. The lowest BCUT2D eigenvalue weighted by Crippen LogP contribution is -2.48. The normalized spacial score (nSPS) is 22.3. The predicted octanol–water partition coefficient (Wildman–Crippen LogP) is 8.93. The Morgan fingerprint density at radius 1 is 0.974 bits per heavy atom. The van der Waals surface area contributed by atoms with Crippen LogP contribution in [0.2, 0.25) is 0 Å². The van der Waals surface area contributed by atoms with Crippen LogP contribution in [-0.2, 0) is 6.42 Å². The molecule has 5 heteroatoms. The minimum Gasteiger partial charge on any atom is -0.371 e. The molecule has 1 unspecified atom stereocenters. The number of fused-ring (bicyclic) bond motifs is 1. The predicted molar refractivity (Wildman–Crippen MR) is 153 cm³/mol. The van der Waals surface area contributed by atoms with Crippen LogP contribution < -0.4 is 4.90 Å². The second kappa shape index (κ2) is 11.6. The van der Waals surface area contributed by atoms with Crippen LogP contribution in [-0.4, -0.2) is 36.2 Å². The Morgan fingerprint density at radius 2 is 1.63 bits per heavy atom. The van der Waals surface area contributed by atoms with E-state index in [1.807, 2.05) is 30.9 Å². The maximum Gasteiger partial charge on any atom is 0.133 e. The zero-order chi connectivity index (χ0) is 27.7. The summed E-state index contributed by atoms with van der Waals surface area (Å²) in [7, 11) is 0. The van der Waals surface area contributed by atoms with Crippen molar-refractivity contribution in [3.8, 4) is 0 Å². The van der Waals surface area contributed by atoms with E-state index in [1.54, 1.807) is 0 Å². The molecule has 0 bridgehead atoms. The first-order valence-corrected chi connectivity index (χ1v) is 14.7. The molecule has 2 heterocycles. The van der Waals surface area contributed by atoms with Gasteiger partial charge in [0.2, 0.25) is 0 Å². The van der Waals surface area contributed by atoms with Gasteiger partial charge in [0.1, 0.15) is 17.3 Å². The monoisotopic (exact) mass is 528 g/mol. The fourth-order valence-electron chi connectivity index (χ4n) is 7.26. The maximum absolute atomic E-state index is 16.1. The van der Waals surface area contributed by atoms with Crippen LogP contribution >= 0.6 is 0 Å². The van der Waals surface area contributed by atoms with E-state index in [4.69, 9.17) is 0 Å². The van der Waals surface area contributed by atoms with E-state index in [0.717, 1.165) is 49.0 Å². The largest absolute Gasteiger partial charge is 0.371 e. The minimum atomic E-state index is -1.49. The van der Waals surface area contributed by atoms with E-state index < -0.39 is 23.3 Å². The Kier molecular flexibility index (Phi) is 8.86. The van der Waals surface area contributed by atoms with Crippen LogP contribution in [0, 0.1) is 24.0 Å². The molecular formula is C33H47F3N2. The summed E-state index contributed by atoms with van der Waals surface area (Å²) in [5, 5.41) is 0. The zero-order valence-electron chi connectivity index (χ0n) is 24.3. The third-order valence-electron chi connectivity index (χ3n) is 8.88. The molecule has 1 fully saturated rings. The van der Waals surface area contributed by atoms with Crippen molar-refractivity contribution in [1.29, 1.82) is 0 Å². The topological polar surface area (TPSA) is 6.48 Å². The summed E-state index contributed by atoms with van der Waals surface area (Å²) in [5.41, 5.74) is 2.60. The molecule has 0 radical (unpaired) electrons. The average Bonchev–Trinajstić information content (AvgIpc) is 3.03. The van der Waals surface area contributed by atoms with Crippen molar-refractivity contribution in [2.75, 3.05) is 24.5 Å². The highest BCUT2D eigenvalue weighted by Crippen LogP contribution is 2.44. The van der Waals surface area contributed by atoms with Crippen molar-refractivity contribution in [2.24, 2.45) is 5.41 Å². The standard InChI is InChI=1S/C33H47F3N2/c1-7-12-33(13-8-2)14-9-16-37(17-15-33)26-20-28(34)30(29(35)21-26)31-27-11-10-23(3)18-25(27)19-24(4)38(31)22-32(5,6)36/h10-11,18,20-21,24,31H,7-9,12-17,19,22H2,1-6H3/t24-,31?/m1/s1. The lowest BCUT2D eigenvalue weighted by molar-refractivity contribution is 0.0652. The smallest absolute Gasteiger partial charge is 0.133 e. The van der Waals surface area contributed by atoms with Crippen LogP contribution in [0.1, 0.15) is 108 Å². The Morgan fingerprint density at radius 3 is 2.24 bits per heavy atom. The van der Waals surface area contributed by atoms with E-state index in [-0.39, 0.29) is 18.2 Å². The van der Waals surface area contributed by atoms with Crippen molar-refractivity contribution >= 4 is 5.69 Å². The average molecular weight is 529 g/mol. The molecule has 38 heavy (non-hydrogen) atoms. The molecule has 0 N–H and O–H groups in total. The summed E-state index contributed by atoms with van der Waals surface area (Å²) in [6.07, 6.45) is 8.79. The first-order valence-electron chi connectivity index (χ1n) is 14.7. The Bertz CT molecular complexity index is 1080. The van der Waals surface area contributed by atoms with Crippen LogP contribution in [0.15, 0.2) is 30.3 Å². The van der Waals surface area contributed by atoms with Gasteiger partial charge in [-0.15, -0.1) is 0 Å². The van der Waals surface area contributed by atoms with Crippen molar-refractivity contribution in [3.63, 3.8) is 0 Å². The second-order valence-electron chi connectivity index (χ2n) is 12.7. The summed E-state index contributed by atoms with van der Waals surface area (Å²) in [5.74, 6) is -1.07. The molecule has 1 saturated heterocycles. The maximum atomic E-state index is 16.1. The Labute approximate surface area is 228 Å². The van der Waals surface area contributed by atoms with Gasteiger partial charge in [0.25, 0.3) is 0 Å². The molecule has 0 amide bonds. The number of anilines is 1. The van der Waals surface area contributed by atoms with Crippen molar-refractivity contribution < 1.29 is 13.2 Å². The van der Waals surface area contributed by atoms with Crippen molar-refractivity contribution in [1.82, 2.24) is 4.90 Å². The van der Waals surface area contributed by atoms with Crippen LogP contribution in [0.5, 0.6) is 0 Å². The molecule has 2 aliphatic heterocycles. The second-order valence-corrected chi connectivity index (χ2v) is 12.7. The molecule has 210 valence electrons. The first-order chi connectivity index (χ1) is 18.0. The van der Waals surface area contributed by atoms with Crippen LogP contribution in [0.3, 0.4) is 0 Å². The Hall–Kier alpha value is -2.01. The third-order valence-corrected chi connectivity index (χ3v) is 8.88. The molecule has 2 atom stereocenters. The van der Waals surface area contributed by atoms with Gasteiger partial charge >= 0.3 is 0 Å². The number of halogens is 3. The molecule has 2 aromatic carbocycles. The molecule has 4 rings (SSSR count). The fourth-order valence-corrected chi connectivity index (χ4v) is 7.26. The molecule has 0 aromatic heterocycles. The number of rotatable bonds is 8. The van der Waals surface area contributed by atoms with Crippen molar-refractivity contribution in [3.05, 3.63) is 64.2 Å². The van der Waals surface area contributed by atoms with Gasteiger partial charge in [-0.05, 0) is 94.9 Å². The van der Waals surface area contributed by atoms with Gasteiger partial charge in [-0.2, -0.15) is 0 Å². The number of hydrogen-bond acceptors (Lipinski definition) is 2. The van der Waals surface area contributed by atoms with Gasteiger partial charge in [-0.25, -0.2) is 13.2 Å². The lowest BCUT2D eigenvalue weighted by atomic mass is 9.73. The summed E-state index contributed by atoms with van der Waals surface area (Å²) in [4.78, 5) is 4.13. The number of nitrogens with zero attached hydrogens (tertiary/aromatic N) is 2. The van der Waals surface area contributed by atoms with E-state index in [2.05, 4.69) is 24.8 Å². The molecule has 0 aliphatic carbocycles. The molecule has 0 saturated carbocycles. The number of aryl methyl sites for hydroxylation is 1. The van der Waals surface area contributed by atoms with Gasteiger partial charge in [-0.1, -0.05) is 50.5 Å². The van der Waals surface area contributed by atoms with Crippen LogP contribution in [0.25, 0.3) is 0 Å². The van der Waals surface area contributed by atoms with Gasteiger partial charge in [-0.3, -0.25) is 4.90 Å². The quantitative estimate of drug-likeness (QED) is 0.337. The minimum absolute atomic E-state index is 0.0378. The van der Waals surface area contributed by atoms with Gasteiger partial charge < -0.3 is 4.90 Å². The molecule has 2 nitrogen and oxygen atoms in total. The molecular weight excluding hydrogens is 481 g/mol. The van der Waals surface area contributed by atoms with Gasteiger partial charge in [0, 0.05) is 36.9 Å². The highest BCUT2D eigenvalue weighted by Gasteiger charge is 2.39. The van der Waals surface area contributed by atoms with E-state index in [1.165, 1.54) is 58.1 Å². The zero-order valence-corrected chi connectivity index (χ0v) is 24.3. The summed E-state index contributed by atoms with van der Waals surface area (Å²) < 4.78 is 47.1. The Balaban J connectivity index is 1.71. The van der Waals surface area contributed by atoms with E-state index >= 15 is 8.78 Å². The first kappa shape index (κ1) is 29.0. The lowest BCUT2D eigenvalue weighted by Gasteiger charge is -2.44. The third kappa shape index (κ3) is 6.24.